The third kappa shape index (κ3) is 2.31. The Labute approximate surface area is 95.3 Å². The fourth-order valence-corrected chi connectivity index (χ4v) is 1.10. The molecule has 0 saturated carbocycles. The van der Waals surface area contributed by atoms with Gasteiger partial charge in [0.05, 0.1) is 0 Å². The Hall–Kier alpha value is -2.02. The second kappa shape index (κ2) is 4.23. The number of amides is 1. The van der Waals surface area contributed by atoms with Crippen molar-refractivity contribution in [3.8, 4) is 0 Å². The van der Waals surface area contributed by atoms with Gasteiger partial charge in [-0.1, -0.05) is 11.6 Å². The van der Waals surface area contributed by atoms with E-state index >= 15 is 0 Å². The van der Waals surface area contributed by atoms with Crippen LogP contribution in [-0.2, 0) is 0 Å². The van der Waals surface area contributed by atoms with Gasteiger partial charge >= 0.3 is 0 Å². The first-order valence-electron chi connectivity index (χ1n) is 4.35. The largest absolute Gasteiger partial charge is 0.302 e. The standard InChI is InChI=1S/C8H7ClN6O/c1-4-10-7(15-12-4)8(16)11-6-3-2-5(9)13-14-6/h2-3H,1H3,(H,10,12,15)(H,11,14,16). The summed E-state index contributed by atoms with van der Waals surface area (Å²) in [5, 5.41) is 16.3. The van der Waals surface area contributed by atoms with Crippen molar-refractivity contribution in [3.05, 3.63) is 28.9 Å². The number of aromatic amines is 1. The normalized spacial score (nSPS) is 10.1. The van der Waals surface area contributed by atoms with Gasteiger partial charge < -0.3 is 5.32 Å². The van der Waals surface area contributed by atoms with Crippen LogP contribution in [0.1, 0.15) is 16.4 Å². The van der Waals surface area contributed by atoms with E-state index in [1.807, 2.05) is 0 Å². The molecule has 0 aliphatic heterocycles. The van der Waals surface area contributed by atoms with Crippen molar-refractivity contribution in [1.29, 1.82) is 0 Å². The third-order valence-electron chi connectivity index (χ3n) is 1.67. The zero-order chi connectivity index (χ0) is 11.5. The van der Waals surface area contributed by atoms with E-state index in [0.717, 1.165) is 0 Å². The number of nitrogens with one attached hydrogen (secondary N) is 2. The number of anilines is 1. The third-order valence-corrected chi connectivity index (χ3v) is 1.88. The van der Waals surface area contributed by atoms with Crippen molar-refractivity contribution in [2.75, 3.05) is 5.32 Å². The van der Waals surface area contributed by atoms with E-state index in [1.54, 1.807) is 6.92 Å². The Morgan fingerprint density at radius 3 is 2.81 bits per heavy atom. The monoisotopic (exact) mass is 238 g/mol. The van der Waals surface area contributed by atoms with Crippen molar-refractivity contribution in [2.24, 2.45) is 0 Å². The molecule has 8 heteroatoms. The van der Waals surface area contributed by atoms with Gasteiger partial charge in [0.25, 0.3) is 5.91 Å². The van der Waals surface area contributed by atoms with Crippen LogP contribution in [0.2, 0.25) is 5.15 Å². The zero-order valence-corrected chi connectivity index (χ0v) is 8.99. The zero-order valence-electron chi connectivity index (χ0n) is 8.23. The van der Waals surface area contributed by atoms with E-state index in [0.29, 0.717) is 5.82 Å². The van der Waals surface area contributed by atoms with Gasteiger partial charge in [-0.3, -0.25) is 9.89 Å². The average molecular weight is 239 g/mol. The lowest BCUT2D eigenvalue weighted by Crippen LogP contribution is -2.15. The van der Waals surface area contributed by atoms with Crippen LogP contribution in [0.4, 0.5) is 5.82 Å². The molecule has 2 aromatic heterocycles. The number of hydrogen-bond acceptors (Lipinski definition) is 5. The van der Waals surface area contributed by atoms with Crippen LogP contribution < -0.4 is 5.32 Å². The molecule has 82 valence electrons. The van der Waals surface area contributed by atoms with Crippen molar-refractivity contribution in [3.63, 3.8) is 0 Å². The molecule has 2 aromatic rings. The number of nitrogens with zero attached hydrogens (tertiary/aromatic N) is 4. The number of halogens is 1. The van der Waals surface area contributed by atoms with Crippen LogP contribution in [-0.4, -0.2) is 31.3 Å². The van der Waals surface area contributed by atoms with Gasteiger partial charge in [-0.15, -0.1) is 15.3 Å². The van der Waals surface area contributed by atoms with E-state index in [9.17, 15) is 4.79 Å². The summed E-state index contributed by atoms with van der Waals surface area (Å²) < 4.78 is 0. The molecule has 0 saturated heterocycles. The summed E-state index contributed by atoms with van der Waals surface area (Å²) in [7, 11) is 0. The lowest BCUT2D eigenvalue weighted by molar-refractivity contribution is 0.101. The summed E-state index contributed by atoms with van der Waals surface area (Å²) in [6, 6.07) is 3.06. The van der Waals surface area contributed by atoms with E-state index in [4.69, 9.17) is 11.6 Å². The lowest BCUT2D eigenvalue weighted by atomic mass is 10.5. The van der Waals surface area contributed by atoms with Crippen molar-refractivity contribution < 1.29 is 4.79 Å². The molecule has 16 heavy (non-hydrogen) atoms. The second-order valence-electron chi connectivity index (χ2n) is 2.94. The van der Waals surface area contributed by atoms with Gasteiger partial charge in [0.2, 0.25) is 5.82 Å². The molecule has 0 aliphatic carbocycles. The van der Waals surface area contributed by atoms with Crippen LogP contribution in [0, 0.1) is 6.92 Å². The summed E-state index contributed by atoms with van der Waals surface area (Å²) in [5.74, 6) is 0.444. The molecule has 0 aromatic carbocycles. The number of carbonyl (C=O) groups excluding carboxylic acids is 1. The molecule has 1 amide bonds. The molecule has 7 nitrogen and oxygen atoms in total. The number of H-pyrrole nitrogens is 1. The Bertz CT molecular complexity index is 508. The first-order valence-corrected chi connectivity index (χ1v) is 4.72. The fraction of sp³-hybridized carbons (Fsp3) is 0.125. The molecular weight excluding hydrogens is 232 g/mol. The van der Waals surface area contributed by atoms with Gasteiger partial charge in [0.15, 0.2) is 11.0 Å². The molecule has 0 atom stereocenters. The number of aryl methyl sites for hydroxylation is 1. The minimum atomic E-state index is -0.457. The van der Waals surface area contributed by atoms with Gasteiger partial charge in [-0.25, -0.2) is 4.98 Å². The number of rotatable bonds is 2. The van der Waals surface area contributed by atoms with Gasteiger partial charge in [-0.05, 0) is 19.1 Å². The molecule has 0 bridgehead atoms. The van der Waals surface area contributed by atoms with Gasteiger partial charge in [0.1, 0.15) is 5.82 Å². The highest BCUT2D eigenvalue weighted by atomic mass is 35.5. The highest BCUT2D eigenvalue weighted by Crippen LogP contribution is 2.06. The van der Waals surface area contributed by atoms with E-state index in [2.05, 4.69) is 30.7 Å². The summed E-state index contributed by atoms with van der Waals surface area (Å²) in [6.07, 6.45) is 0. The Morgan fingerprint density at radius 2 is 2.25 bits per heavy atom. The second-order valence-corrected chi connectivity index (χ2v) is 3.33. The maximum atomic E-state index is 11.6. The van der Waals surface area contributed by atoms with Crippen LogP contribution in [0.15, 0.2) is 12.1 Å². The minimum absolute atomic E-state index is 0.0502. The fourth-order valence-electron chi connectivity index (χ4n) is 0.999. The highest BCUT2D eigenvalue weighted by molar-refractivity contribution is 6.29. The molecule has 0 spiro atoms. The van der Waals surface area contributed by atoms with Gasteiger partial charge in [0, 0.05) is 0 Å². The van der Waals surface area contributed by atoms with E-state index in [1.165, 1.54) is 12.1 Å². The minimum Gasteiger partial charge on any atom is -0.302 e. The predicted molar refractivity (Wildman–Crippen MR) is 56.1 cm³/mol. The maximum Gasteiger partial charge on any atom is 0.296 e. The smallest absolute Gasteiger partial charge is 0.296 e. The average Bonchev–Trinajstić information content (AvgIpc) is 2.68. The highest BCUT2D eigenvalue weighted by Gasteiger charge is 2.11. The first kappa shape index (κ1) is 10.5. The Balaban J connectivity index is 2.10. The van der Waals surface area contributed by atoms with Crippen molar-refractivity contribution in [2.45, 2.75) is 6.92 Å². The summed E-state index contributed by atoms with van der Waals surface area (Å²) >= 11 is 5.55. The quantitative estimate of drug-likeness (QED) is 0.807. The molecule has 0 fully saturated rings. The summed E-state index contributed by atoms with van der Waals surface area (Å²) in [4.78, 5) is 15.4. The maximum absolute atomic E-state index is 11.6. The van der Waals surface area contributed by atoms with Crippen LogP contribution in [0.5, 0.6) is 0 Å². The predicted octanol–water partition coefficient (Wildman–Crippen LogP) is 0.809. The first-order chi connectivity index (χ1) is 7.65. The SMILES string of the molecule is Cc1nc(C(=O)Nc2ccc(Cl)nn2)n[nH]1. The summed E-state index contributed by atoms with van der Waals surface area (Å²) in [5.41, 5.74) is 0. The van der Waals surface area contributed by atoms with Crippen LogP contribution in [0.25, 0.3) is 0 Å². The topological polar surface area (TPSA) is 96.5 Å². The van der Waals surface area contributed by atoms with Crippen LogP contribution >= 0.6 is 11.6 Å². The number of aromatic nitrogens is 5. The Kier molecular flexibility index (Phi) is 2.78. The molecular formula is C8H7ClN6O. The van der Waals surface area contributed by atoms with Crippen molar-refractivity contribution >= 4 is 23.3 Å². The lowest BCUT2D eigenvalue weighted by Gasteiger charge is -1.99. The summed E-state index contributed by atoms with van der Waals surface area (Å²) in [6.45, 7) is 1.70. The molecule has 0 aliphatic rings. The number of hydrogen-bond donors (Lipinski definition) is 2. The molecule has 2 rings (SSSR count). The molecule has 2 heterocycles. The van der Waals surface area contributed by atoms with E-state index in [-0.39, 0.29) is 16.8 Å². The number of carbonyl (C=O) groups is 1. The molecule has 0 radical (unpaired) electrons. The molecule has 0 unspecified atom stereocenters. The van der Waals surface area contributed by atoms with Crippen LogP contribution in [0.3, 0.4) is 0 Å². The van der Waals surface area contributed by atoms with Gasteiger partial charge in [-0.2, -0.15) is 0 Å². The van der Waals surface area contributed by atoms with E-state index < -0.39 is 5.91 Å². The Morgan fingerprint density at radius 1 is 1.44 bits per heavy atom. The van der Waals surface area contributed by atoms with Crippen molar-refractivity contribution in [1.82, 2.24) is 25.4 Å². The molecule has 2 N–H and O–H groups in total.